The summed E-state index contributed by atoms with van der Waals surface area (Å²) in [5, 5.41) is 13.7. The molecule has 0 saturated heterocycles. The van der Waals surface area contributed by atoms with E-state index in [1.807, 2.05) is 6.92 Å². The van der Waals surface area contributed by atoms with Crippen LogP contribution >= 0.6 is 0 Å². The van der Waals surface area contributed by atoms with Crippen LogP contribution in [0.25, 0.3) is 5.82 Å². The van der Waals surface area contributed by atoms with Crippen molar-refractivity contribution in [1.82, 2.24) is 19.9 Å². The lowest BCUT2D eigenvalue weighted by Crippen LogP contribution is -2.45. The van der Waals surface area contributed by atoms with Crippen molar-refractivity contribution in [2.45, 2.75) is 92.3 Å². The number of halogens is 2. The number of aliphatic hydroxyl groups is 1. The van der Waals surface area contributed by atoms with Crippen LogP contribution in [0.15, 0.2) is 12.3 Å². The molecular formula is C26H38F2N4O3. The molecule has 3 rings (SSSR count). The van der Waals surface area contributed by atoms with Crippen molar-refractivity contribution in [2.24, 2.45) is 11.3 Å². The van der Waals surface area contributed by atoms with E-state index in [4.69, 9.17) is 4.74 Å². The number of hydrogen-bond donors (Lipinski definition) is 2. The van der Waals surface area contributed by atoms with Gasteiger partial charge in [-0.1, -0.05) is 34.6 Å². The lowest BCUT2D eigenvalue weighted by atomic mass is 9.79. The number of alkyl halides is 2. The van der Waals surface area contributed by atoms with Crippen LogP contribution in [0.3, 0.4) is 0 Å². The first kappa shape index (κ1) is 27.0. The molecule has 1 amide bonds. The van der Waals surface area contributed by atoms with E-state index < -0.39 is 18.1 Å². The Morgan fingerprint density at radius 3 is 2.57 bits per heavy atom. The van der Waals surface area contributed by atoms with Crippen LogP contribution in [0.1, 0.15) is 87.9 Å². The number of nitrogens with zero attached hydrogens (tertiary/aromatic N) is 3. The molecule has 0 aromatic carbocycles. The first-order valence-electron chi connectivity index (χ1n) is 12.3. The van der Waals surface area contributed by atoms with E-state index in [1.165, 1.54) is 0 Å². The molecule has 2 N–H and O–H groups in total. The number of aryl methyl sites for hydroxylation is 1. The van der Waals surface area contributed by atoms with E-state index in [-0.39, 0.29) is 29.2 Å². The van der Waals surface area contributed by atoms with Gasteiger partial charge in [0, 0.05) is 19.2 Å². The predicted molar refractivity (Wildman–Crippen MR) is 130 cm³/mol. The zero-order chi connectivity index (χ0) is 26.0. The van der Waals surface area contributed by atoms with Gasteiger partial charge in [0.2, 0.25) is 0 Å². The van der Waals surface area contributed by atoms with Gasteiger partial charge in [0.05, 0.1) is 11.3 Å². The van der Waals surface area contributed by atoms with E-state index in [0.717, 1.165) is 18.4 Å². The van der Waals surface area contributed by atoms with Gasteiger partial charge in [-0.25, -0.2) is 9.97 Å². The quantitative estimate of drug-likeness (QED) is 0.541. The number of carbonyl (C=O) groups is 1. The summed E-state index contributed by atoms with van der Waals surface area (Å²) in [6, 6.07) is 1.58. The van der Waals surface area contributed by atoms with E-state index in [1.54, 1.807) is 23.8 Å². The molecular weight excluding hydrogens is 454 g/mol. The first-order chi connectivity index (χ1) is 16.3. The Labute approximate surface area is 206 Å². The van der Waals surface area contributed by atoms with Crippen LogP contribution in [0, 0.1) is 18.3 Å². The number of rotatable bonds is 8. The summed E-state index contributed by atoms with van der Waals surface area (Å²) in [5.74, 6) is 0.776. The molecule has 7 nitrogen and oxygen atoms in total. The second-order valence-corrected chi connectivity index (χ2v) is 11.0. The average Bonchev–Trinajstić information content (AvgIpc) is 3.09. The number of aromatic nitrogens is 3. The number of hydrogen-bond acceptors (Lipinski definition) is 5. The van der Waals surface area contributed by atoms with Crippen LogP contribution in [0.5, 0.6) is 5.75 Å². The van der Waals surface area contributed by atoms with Gasteiger partial charge in [-0.05, 0) is 62.0 Å². The fourth-order valence-corrected chi connectivity index (χ4v) is 4.64. The molecule has 0 unspecified atom stereocenters. The molecule has 0 bridgehead atoms. The lowest BCUT2D eigenvalue weighted by molar-refractivity contribution is -0.0501. The number of amides is 1. The Bertz CT molecular complexity index is 1040. The standard InChI is InChI=1S/C26H38F2N4O3/c1-7-20-31-21(23(33)30-15-26(34)10-8-16(2)9-11-26)17(3)32(20)22-19(35-24(27)28)12-18(14-29-22)13-25(4,5)6/h12,14,16,24,34H,7-11,13,15H2,1-6H3,(H,30,33). The second-order valence-electron chi connectivity index (χ2n) is 11.0. The lowest BCUT2D eigenvalue weighted by Gasteiger charge is -2.34. The molecule has 0 radical (unpaired) electrons. The van der Waals surface area contributed by atoms with Gasteiger partial charge in [0.15, 0.2) is 11.6 Å². The number of imidazole rings is 1. The average molecular weight is 493 g/mol. The Hall–Kier alpha value is -2.55. The van der Waals surface area contributed by atoms with Crippen molar-refractivity contribution < 1.29 is 23.4 Å². The molecule has 35 heavy (non-hydrogen) atoms. The van der Waals surface area contributed by atoms with Crippen LogP contribution < -0.4 is 10.1 Å². The summed E-state index contributed by atoms with van der Waals surface area (Å²) in [6.45, 7) is 9.03. The van der Waals surface area contributed by atoms with Gasteiger partial charge in [-0.15, -0.1) is 0 Å². The highest BCUT2D eigenvalue weighted by Gasteiger charge is 2.33. The van der Waals surface area contributed by atoms with Gasteiger partial charge >= 0.3 is 6.61 Å². The third-order valence-electron chi connectivity index (χ3n) is 6.54. The summed E-state index contributed by atoms with van der Waals surface area (Å²) in [7, 11) is 0. The van der Waals surface area contributed by atoms with Crippen LogP contribution in [0.4, 0.5) is 8.78 Å². The summed E-state index contributed by atoms with van der Waals surface area (Å²) < 4.78 is 33.0. The normalized spacial score (nSPS) is 20.8. The number of carbonyl (C=O) groups excluding carboxylic acids is 1. The van der Waals surface area contributed by atoms with Crippen molar-refractivity contribution >= 4 is 5.91 Å². The molecule has 1 saturated carbocycles. The third-order valence-corrected chi connectivity index (χ3v) is 6.54. The third kappa shape index (κ3) is 6.78. The summed E-state index contributed by atoms with van der Waals surface area (Å²) in [4.78, 5) is 22.0. The van der Waals surface area contributed by atoms with Crippen LogP contribution in [0.2, 0.25) is 0 Å². The van der Waals surface area contributed by atoms with E-state index >= 15 is 0 Å². The van der Waals surface area contributed by atoms with Crippen LogP contribution in [-0.4, -0.2) is 44.3 Å². The van der Waals surface area contributed by atoms with Gasteiger partial charge in [-0.3, -0.25) is 9.36 Å². The maximum atomic E-state index is 13.3. The molecule has 2 aromatic rings. The maximum Gasteiger partial charge on any atom is 0.387 e. The Balaban J connectivity index is 1.91. The summed E-state index contributed by atoms with van der Waals surface area (Å²) in [6.07, 6.45) is 5.86. The van der Waals surface area contributed by atoms with Crippen molar-refractivity contribution in [2.75, 3.05) is 6.54 Å². The minimum atomic E-state index is -3.02. The van der Waals surface area contributed by atoms with E-state index in [9.17, 15) is 18.7 Å². The topological polar surface area (TPSA) is 89.3 Å². The van der Waals surface area contributed by atoms with Gasteiger partial charge in [-0.2, -0.15) is 8.78 Å². The fourth-order valence-electron chi connectivity index (χ4n) is 4.64. The number of pyridine rings is 1. The summed E-state index contributed by atoms with van der Waals surface area (Å²) in [5.41, 5.74) is 0.448. The predicted octanol–water partition coefficient (Wildman–Crippen LogP) is 5.00. The highest BCUT2D eigenvalue weighted by atomic mass is 19.3. The number of ether oxygens (including phenoxy) is 1. The largest absolute Gasteiger partial charge is 0.431 e. The molecule has 9 heteroatoms. The van der Waals surface area contributed by atoms with Crippen molar-refractivity contribution in [3.63, 3.8) is 0 Å². The second kappa shape index (κ2) is 10.6. The zero-order valence-electron chi connectivity index (χ0n) is 21.6. The molecule has 194 valence electrons. The number of nitrogens with one attached hydrogen (secondary N) is 1. The van der Waals surface area contributed by atoms with E-state index in [0.29, 0.717) is 43.1 Å². The molecule has 0 aliphatic heterocycles. The molecule has 0 atom stereocenters. The smallest absolute Gasteiger partial charge is 0.387 e. The highest BCUT2D eigenvalue weighted by molar-refractivity contribution is 5.93. The van der Waals surface area contributed by atoms with Crippen LogP contribution in [-0.2, 0) is 12.8 Å². The molecule has 1 aliphatic rings. The fraction of sp³-hybridized carbons (Fsp3) is 0.654. The minimum absolute atomic E-state index is 0.0590. The van der Waals surface area contributed by atoms with Crippen molar-refractivity contribution in [3.05, 3.63) is 35.0 Å². The van der Waals surface area contributed by atoms with Gasteiger partial charge in [0.25, 0.3) is 5.91 Å². The van der Waals surface area contributed by atoms with Crippen molar-refractivity contribution in [1.29, 1.82) is 0 Å². The Kier molecular flexibility index (Phi) is 8.19. The molecule has 0 spiro atoms. The molecule has 2 aromatic heterocycles. The molecule has 2 heterocycles. The van der Waals surface area contributed by atoms with Gasteiger partial charge in [0.1, 0.15) is 11.5 Å². The zero-order valence-corrected chi connectivity index (χ0v) is 21.6. The van der Waals surface area contributed by atoms with Crippen molar-refractivity contribution in [3.8, 4) is 11.6 Å². The Morgan fingerprint density at radius 1 is 1.34 bits per heavy atom. The monoisotopic (exact) mass is 492 g/mol. The maximum absolute atomic E-state index is 13.3. The SMILES string of the molecule is CCc1nc(C(=O)NCC2(O)CCC(C)CC2)c(C)n1-c1ncc(CC(C)(C)C)cc1OC(F)F. The molecule has 1 fully saturated rings. The highest BCUT2D eigenvalue weighted by Crippen LogP contribution is 2.32. The van der Waals surface area contributed by atoms with Gasteiger partial charge < -0.3 is 15.2 Å². The Morgan fingerprint density at radius 2 is 2.00 bits per heavy atom. The summed E-state index contributed by atoms with van der Waals surface area (Å²) >= 11 is 0. The first-order valence-corrected chi connectivity index (χ1v) is 12.3. The van der Waals surface area contributed by atoms with E-state index in [2.05, 4.69) is 43.0 Å². The molecule has 1 aliphatic carbocycles. The minimum Gasteiger partial charge on any atom is -0.431 e.